The van der Waals surface area contributed by atoms with E-state index in [0.29, 0.717) is 19.3 Å². The van der Waals surface area contributed by atoms with Crippen molar-refractivity contribution in [3.8, 4) is 0 Å². The number of methoxy groups -OCH3 is 1. The number of carboxylic acid groups (broad SMARTS) is 1. The standard InChI is InChI=1S/C10H16O4/c1-4-9(5-2)6-10(9,7(11)12)8(13)14-3/h4-6H2,1-3H3,(H,11,12). The molecule has 0 saturated heterocycles. The molecule has 0 radical (unpaired) electrons. The van der Waals surface area contributed by atoms with E-state index in [0.717, 1.165) is 0 Å². The highest BCUT2D eigenvalue weighted by atomic mass is 16.5. The second-order valence-corrected chi connectivity index (χ2v) is 3.87. The summed E-state index contributed by atoms with van der Waals surface area (Å²) < 4.78 is 4.58. The van der Waals surface area contributed by atoms with Crippen LogP contribution in [-0.4, -0.2) is 24.2 Å². The number of aliphatic carboxylic acids is 1. The lowest BCUT2D eigenvalue weighted by atomic mass is 9.88. The smallest absolute Gasteiger partial charge is 0.323 e. The van der Waals surface area contributed by atoms with Crippen LogP contribution < -0.4 is 0 Å². The molecule has 1 aliphatic carbocycles. The largest absolute Gasteiger partial charge is 0.480 e. The molecule has 0 amide bonds. The summed E-state index contributed by atoms with van der Waals surface area (Å²) in [6.07, 6.45) is 1.81. The van der Waals surface area contributed by atoms with E-state index >= 15 is 0 Å². The molecular formula is C10H16O4. The van der Waals surface area contributed by atoms with E-state index in [1.54, 1.807) is 0 Å². The van der Waals surface area contributed by atoms with Crippen LogP contribution in [0.1, 0.15) is 33.1 Å². The fourth-order valence-corrected chi connectivity index (χ4v) is 2.42. The second-order valence-electron chi connectivity index (χ2n) is 3.87. The van der Waals surface area contributed by atoms with E-state index < -0.39 is 17.4 Å². The first-order valence-electron chi connectivity index (χ1n) is 4.82. The molecule has 0 aromatic heterocycles. The van der Waals surface area contributed by atoms with Crippen molar-refractivity contribution in [1.29, 1.82) is 0 Å². The van der Waals surface area contributed by atoms with Crippen molar-refractivity contribution in [2.75, 3.05) is 7.11 Å². The predicted molar refractivity (Wildman–Crippen MR) is 49.7 cm³/mol. The third kappa shape index (κ3) is 1.06. The van der Waals surface area contributed by atoms with E-state index in [1.807, 2.05) is 13.8 Å². The molecule has 0 heterocycles. The minimum absolute atomic E-state index is 0.383. The average Bonchev–Trinajstić information content (AvgIpc) is 2.88. The van der Waals surface area contributed by atoms with Gasteiger partial charge in [0.2, 0.25) is 0 Å². The number of hydrogen-bond donors (Lipinski definition) is 1. The minimum Gasteiger partial charge on any atom is -0.480 e. The summed E-state index contributed by atoms with van der Waals surface area (Å²) in [6, 6.07) is 0. The number of ether oxygens (including phenoxy) is 1. The van der Waals surface area contributed by atoms with Gasteiger partial charge < -0.3 is 9.84 Å². The van der Waals surface area contributed by atoms with Crippen molar-refractivity contribution in [2.45, 2.75) is 33.1 Å². The van der Waals surface area contributed by atoms with Gasteiger partial charge in [-0.3, -0.25) is 9.59 Å². The molecule has 0 aromatic rings. The van der Waals surface area contributed by atoms with Gasteiger partial charge in [-0.15, -0.1) is 0 Å². The van der Waals surface area contributed by atoms with Crippen molar-refractivity contribution in [3.05, 3.63) is 0 Å². The minimum atomic E-state index is -1.27. The molecule has 1 unspecified atom stereocenters. The second kappa shape index (κ2) is 3.26. The Morgan fingerprint density at radius 1 is 1.36 bits per heavy atom. The quantitative estimate of drug-likeness (QED) is 0.551. The van der Waals surface area contributed by atoms with E-state index in [-0.39, 0.29) is 5.41 Å². The Labute approximate surface area is 83.2 Å². The Kier molecular flexibility index (Phi) is 2.56. The molecule has 1 saturated carbocycles. The van der Waals surface area contributed by atoms with Crippen LogP contribution >= 0.6 is 0 Å². The van der Waals surface area contributed by atoms with Gasteiger partial charge in [-0.1, -0.05) is 13.8 Å². The Hall–Kier alpha value is -1.06. The lowest BCUT2D eigenvalue weighted by molar-refractivity contribution is -0.161. The molecule has 1 fully saturated rings. The molecule has 0 aliphatic heterocycles. The fourth-order valence-electron chi connectivity index (χ4n) is 2.42. The van der Waals surface area contributed by atoms with E-state index in [9.17, 15) is 9.59 Å². The monoisotopic (exact) mass is 200 g/mol. The summed E-state index contributed by atoms with van der Waals surface area (Å²) in [5.74, 6) is -1.65. The van der Waals surface area contributed by atoms with Gasteiger partial charge in [0.1, 0.15) is 0 Å². The van der Waals surface area contributed by atoms with Crippen LogP contribution in [0.5, 0.6) is 0 Å². The third-order valence-corrected chi connectivity index (χ3v) is 3.64. The molecule has 14 heavy (non-hydrogen) atoms. The predicted octanol–water partition coefficient (Wildman–Crippen LogP) is 1.44. The normalized spacial score (nSPS) is 28.2. The van der Waals surface area contributed by atoms with Crippen LogP contribution in [0.4, 0.5) is 0 Å². The average molecular weight is 200 g/mol. The van der Waals surface area contributed by atoms with E-state index in [2.05, 4.69) is 4.74 Å². The maximum absolute atomic E-state index is 11.5. The molecule has 1 atom stereocenters. The molecule has 1 aliphatic rings. The fraction of sp³-hybridized carbons (Fsp3) is 0.800. The number of carbonyl (C=O) groups is 2. The summed E-state index contributed by atoms with van der Waals surface area (Å²) in [4.78, 5) is 22.6. The molecule has 0 spiro atoms. The van der Waals surface area contributed by atoms with Gasteiger partial charge in [-0.05, 0) is 24.7 Å². The zero-order valence-corrected chi connectivity index (χ0v) is 8.79. The maximum atomic E-state index is 11.5. The highest BCUT2D eigenvalue weighted by Crippen LogP contribution is 2.68. The van der Waals surface area contributed by atoms with Crippen LogP contribution in [0.15, 0.2) is 0 Å². The van der Waals surface area contributed by atoms with E-state index in [1.165, 1.54) is 7.11 Å². The Balaban J connectivity index is 3.01. The van der Waals surface area contributed by atoms with Gasteiger partial charge in [0.15, 0.2) is 5.41 Å². The third-order valence-electron chi connectivity index (χ3n) is 3.64. The van der Waals surface area contributed by atoms with Crippen molar-refractivity contribution < 1.29 is 19.4 Å². The van der Waals surface area contributed by atoms with Crippen LogP contribution in [-0.2, 0) is 14.3 Å². The topological polar surface area (TPSA) is 63.6 Å². The number of hydrogen-bond acceptors (Lipinski definition) is 3. The van der Waals surface area contributed by atoms with Gasteiger partial charge >= 0.3 is 11.9 Å². The SMILES string of the molecule is CCC1(CC)CC1(C(=O)O)C(=O)OC. The van der Waals surface area contributed by atoms with Gasteiger partial charge in [0, 0.05) is 0 Å². The van der Waals surface area contributed by atoms with E-state index in [4.69, 9.17) is 5.11 Å². The Morgan fingerprint density at radius 2 is 1.86 bits per heavy atom. The zero-order valence-electron chi connectivity index (χ0n) is 8.79. The molecular weight excluding hydrogens is 184 g/mol. The lowest BCUT2D eigenvalue weighted by Crippen LogP contribution is -2.32. The van der Waals surface area contributed by atoms with Crippen LogP contribution in [0, 0.1) is 10.8 Å². The zero-order chi connectivity index (χ0) is 11.0. The highest BCUT2D eigenvalue weighted by molar-refractivity contribution is 6.04. The van der Waals surface area contributed by atoms with Crippen LogP contribution in [0.3, 0.4) is 0 Å². The lowest BCUT2D eigenvalue weighted by Gasteiger charge is -2.17. The van der Waals surface area contributed by atoms with Gasteiger partial charge in [0.25, 0.3) is 0 Å². The maximum Gasteiger partial charge on any atom is 0.323 e. The summed E-state index contributed by atoms with van der Waals surface area (Å²) in [5, 5.41) is 9.10. The number of carbonyl (C=O) groups excluding carboxylic acids is 1. The van der Waals surface area contributed by atoms with Crippen molar-refractivity contribution in [2.24, 2.45) is 10.8 Å². The van der Waals surface area contributed by atoms with Crippen LogP contribution in [0.2, 0.25) is 0 Å². The van der Waals surface area contributed by atoms with Gasteiger partial charge in [-0.2, -0.15) is 0 Å². The van der Waals surface area contributed by atoms with Crippen LogP contribution in [0.25, 0.3) is 0 Å². The number of carboxylic acids is 1. The molecule has 4 heteroatoms. The molecule has 1 N–H and O–H groups in total. The Bertz CT molecular complexity index is 267. The molecule has 1 rings (SSSR count). The first-order chi connectivity index (χ1) is 6.50. The molecule has 4 nitrogen and oxygen atoms in total. The van der Waals surface area contributed by atoms with Gasteiger partial charge in [-0.25, -0.2) is 0 Å². The molecule has 80 valence electrons. The summed E-state index contributed by atoms with van der Waals surface area (Å²) in [5.41, 5.74) is -1.66. The first kappa shape index (κ1) is 11.0. The first-order valence-corrected chi connectivity index (χ1v) is 4.82. The highest BCUT2D eigenvalue weighted by Gasteiger charge is 2.75. The van der Waals surface area contributed by atoms with Crippen molar-refractivity contribution in [3.63, 3.8) is 0 Å². The Morgan fingerprint density at radius 3 is 2.07 bits per heavy atom. The van der Waals surface area contributed by atoms with Crippen molar-refractivity contribution >= 4 is 11.9 Å². The molecule has 0 bridgehead atoms. The van der Waals surface area contributed by atoms with Gasteiger partial charge in [0.05, 0.1) is 7.11 Å². The summed E-state index contributed by atoms with van der Waals surface area (Å²) >= 11 is 0. The summed E-state index contributed by atoms with van der Waals surface area (Å²) in [7, 11) is 1.24. The van der Waals surface area contributed by atoms with Crippen molar-refractivity contribution in [1.82, 2.24) is 0 Å². The number of rotatable bonds is 4. The molecule has 0 aromatic carbocycles. The summed E-state index contributed by atoms with van der Waals surface area (Å²) in [6.45, 7) is 3.83. The number of esters is 1.